The zero-order chi connectivity index (χ0) is 17.5. The third-order valence-corrected chi connectivity index (χ3v) is 4.04. The molecule has 0 aromatic heterocycles. The summed E-state index contributed by atoms with van der Waals surface area (Å²) in [6.45, 7) is 0.998. The van der Waals surface area contributed by atoms with Gasteiger partial charge in [-0.15, -0.1) is 11.8 Å². The van der Waals surface area contributed by atoms with Crippen molar-refractivity contribution >= 4 is 35.1 Å². The van der Waals surface area contributed by atoms with Crippen LogP contribution in [0.1, 0.15) is 27.6 Å². The Morgan fingerprint density at radius 1 is 1.00 bits per heavy atom. The number of Topliss-reactive ketones (excluding diaryl/α,β-unsaturated/α-hetero) is 1. The first-order valence-electron chi connectivity index (χ1n) is 7.23. The highest BCUT2D eigenvalue weighted by Crippen LogP contribution is 2.20. The first-order chi connectivity index (χ1) is 11.5. The minimum atomic E-state index is -0.560. The van der Waals surface area contributed by atoms with Gasteiger partial charge in [0, 0.05) is 10.5 Å². The van der Waals surface area contributed by atoms with Gasteiger partial charge in [-0.2, -0.15) is 0 Å². The zero-order valence-corrected chi connectivity index (χ0v) is 14.2. The molecule has 0 bridgehead atoms. The lowest BCUT2D eigenvalue weighted by Gasteiger charge is -2.10. The summed E-state index contributed by atoms with van der Waals surface area (Å²) in [5, 5.41) is 2.59. The Bertz CT molecular complexity index is 773. The molecule has 0 saturated carbocycles. The molecule has 0 aliphatic heterocycles. The van der Waals surface area contributed by atoms with Crippen LogP contribution in [0.2, 0.25) is 0 Å². The van der Waals surface area contributed by atoms with Gasteiger partial charge < -0.3 is 10.1 Å². The van der Waals surface area contributed by atoms with E-state index in [-0.39, 0.29) is 5.78 Å². The van der Waals surface area contributed by atoms with Crippen LogP contribution in [0.3, 0.4) is 0 Å². The van der Waals surface area contributed by atoms with Gasteiger partial charge in [0.05, 0.1) is 11.3 Å². The number of ketones is 1. The van der Waals surface area contributed by atoms with Crippen LogP contribution in [0, 0.1) is 0 Å². The number of para-hydroxylation sites is 1. The molecule has 0 saturated heterocycles. The Morgan fingerprint density at radius 2 is 1.62 bits per heavy atom. The predicted molar refractivity (Wildman–Crippen MR) is 93.6 cm³/mol. The first-order valence-corrected chi connectivity index (χ1v) is 8.45. The van der Waals surface area contributed by atoms with Crippen LogP contribution in [-0.4, -0.2) is 30.5 Å². The first kappa shape index (κ1) is 17.7. The van der Waals surface area contributed by atoms with Gasteiger partial charge >= 0.3 is 5.97 Å². The monoisotopic (exact) mass is 343 g/mol. The molecule has 2 aromatic carbocycles. The van der Waals surface area contributed by atoms with Gasteiger partial charge in [-0.3, -0.25) is 9.59 Å². The van der Waals surface area contributed by atoms with Gasteiger partial charge in [0.1, 0.15) is 0 Å². The van der Waals surface area contributed by atoms with Crippen LogP contribution in [0.25, 0.3) is 0 Å². The highest BCUT2D eigenvalue weighted by Gasteiger charge is 2.15. The summed E-state index contributed by atoms with van der Waals surface area (Å²) >= 11 is 1.43. The van der Waals surface area contributed by atoms with E-state index < -0.39 is 18.5 Å². The second kappa shape index (κ2) is 8.31. The Hall–Kier alpha value is -2.60. The van der Waals surface area contributed by atoms with E-state index in [4.69, 9.17) is 4.74 Å². The highest BCUT2D eigenvalue weighted by atomic mass is 32.2. The SMILES string of the molecule is CSc1ccccc1C(=O)OCC(=O)Nc1ccccc1C(C)=O. The van der Waals surface area contributed by atoms with Crippen molar-refractivity contribution in [3.8, 4) is 0 Å². The number of hydrogen-bond acceptors (Lipinski definition) is 5. The molecule has 0 unspecified atom stereocenters. The maximum atomic E-state index is 12.1. The molecule has 5 nitrogen and oxygen atoms in total. The minimum absolute atomic E-state index is 0.156. The van der Waals surface area contributed by atoms with Gasteiger partial charge in [-0.1, -0.05) is 24.3 Å². The summed E-state index contributed by atoms with van der Waals surface area (Å²) < 4.78 is 5.06. The van der Waals surface area contributed by atoms with E-state index in [1.807, 2.05) is 18.4 Å². The maximum absolute atomic E-state index is 12.1. The number of anilines is 1. The Morgan fingerprint density at radius 3 is 2.29 bits per heavy atom. The number of esters is 1. The molecule has 24 heavy (non-hydrogen) atoms. The van der Waals surface area contributed by atoms with E-state index in [0.717, 1.165) is 4.90 Å². The summed E-state index contributed by atoms with van der Waals surface area (Å²) in [7, 11) is 0. The van der Waals surface area contributed by atoms with E-state index in [0.29, 0.717) is 16.8 Å². The molecule has 0 fully saturated rings. The zero-order valence-electron chi connectivity index (χ0n) is 13.4. The molecule has 2 rings (SSSR count). The lowest BCUT2D eigenvalue weighted by molar-refractivity contribution is -0.119. The van der Waals surface area contributed by atoms with Crippen LogP contribution >= 0.6 is 11.8 Å². The second-order valence-electron chi connectivity index (χ2n) is 4.93. The molecular formula is C18H17NO4S. The number of carbonyl (C=O) groups excluding carboxylic acids is 3. The van der Waals surface area contributed by atoms with E-state index in [9.17, 15) is 14.4 Å². The normalized spacial score (nSPS) is 10.1. The molecule has 2 aromatic rings. The van der Waals surface area contributed by atoms with Crippen LogP contribution in [0.15, 0.2) is 53.4 Å². The van der Waals surface area contributed by atoms with Crippen LogP contribution in [0.4, 0.5) is 5.69 Å². The smallest absolute Gasteiger partial charge is 0.339 e. The van der Waals surface area contributed by atoms with Crippen LogP contribution in [-0.2, 0) is 9.53 Å². The average Bonchev–Trinajstić information content (AvgIpc) is 2.59. The number of hydrogen-bond donors (Lipinski definition) is 1. The standard InChI is InChI=1S/C18H17NO4S/c1-12(20)13-7-3-5-9-15(13)19-17(21)11-23-18(22)14-8-4-6-10-16(14)24-2/h3-10H,11H2,1-2H3,(H,19,21). The molecular weight excluding hydrogens is 326 g/mol. The molecule has 0 heterocycles. The van der Waals surface area contributed by atoms with E-state index in [2.05, 4.69) is 5.32 Å². The van der Waals surface area contributed by atoms with Gasteiger partial charge in [0.2, 0.25) is 0 Å². The van der Waals surface area contributed by atoms with Crippen molar-refractivity contribution in [2.75, 3.05) is 18.2 Å². The summed E-state index contributed by atoms with van der Waals surface area (Å²) in [4.78, 5) is 36.4. The molecule has 1 N–H and O–H groups in total. The second-order valence-corrected chi connectivity index (χ2v) is 5.77. The van der Waals surface area contributed by atoms with Crippen molar-refractivity contribution in [3.05, 3.63) is 59.7 Å². The Balaban J connectivity index is 1.99. The largest absolute Gasteiger partial charge is 0.452 e. The Labute approximate surface area is 144 Å². The molecule has 0 radical (unpaired) electrons. The third-order valence-electron chi connectivity index (χ3n) is 3.24. The van der Waals surface area contributed by atoms with Crippen molar-refractivity contribution in [2.24, 2.45) is 0 Å². The summed E-state index contributed by atoms with van der Waals surface area (Å²) in [5.74, 6) is -1.22. The number of rotatable bonds is 6. The fourth-order valence-corrected chi connectivity index (χ4v) is 2.69. The summed E-state index contributed by atoms with van der Waals surface area (Å²) in [6.07, 6.45) is 1.86. The number of benzene rings is 2. The van der Waals surface area contributed by atoms with Gasteiger partial charge in [-0.05, 0) is 37.4 Å². The van der Waals surface area contributed by atoms with Gasteiger partial charge in [0.25, 0.3) is 5.91 Å². The minimum Gasteiger partial charge on any atom is -0.452 e. The van der Waals surface area contributed by atoms with Crippen LogP contribution < -0.4 is 5.32 Å². The molecule has 1 amide bonds. The van der Waals surface area contributed by atoms with Gasteiger partial charge in [0.15, 0.2) is 12.4 Å². The molecule has 0 spiro atoms. The Kier molecular flexibility index (Phi) is 6.14. The average molecular weight is 343 g/mol. The summed E-state index contributed by atoms with van der Waals surface area (Å²) in [6, 6.07) is 13.7. The van der Waals surface area contributed by atoms with Crippen LogP contribution in [0.5, 0.6) is 0 Å². The highest BCUT2D eigenvalue weighted by molar-refractivity contribution is 7.98. The summed E-state index contributed by atoms with van der Waals surface area (Å²) in [5.41, 5.74) is 1.22. The predicted octanol–water partition coefficient (Wildman–Crippen LogP) is 3.41. The lowest BCUT2D eigenvalue weighted by atomic mass is 10.1. The number of ether oxygens (including phenoxy) is 1. The van der Waals surface area contributed by atoms with Gasteiger partial charge in [-0.25, -0.2) is 4.79 Å². The molecule has 6 heteroatoms. The number of thioether (sulfide) groups is 1. The fraction of sp³-hybridized carbons (Fsp3) is 0.167. The fourth-order valence-electron chi connectivity index (χ4n) is 2.11. The lowest BCUT2D eigenvalue weighted by Crippen LogP contribution is -2.22. The van der Waals surface area contributed by atoms with Crippen molar-refractivity contribution in [1.29, 1.82) is 0 Å². The van der Waals surface area contributed by atoms with E-state index in [1.165, 1.54) is 18.7 Å². The maximum Gasteiger partial charge on any atom is 0.339 e. The third kappa shape index (κ3) is 4.45. The molecule has 0 aliphatic carbocycles. The quantitative estimate of drug-likeness (QED) is 0.494. The molecule has 124 valence electrons. The molecule has 0 aliphatic rings. The number of carbonyl (C=O) groups is 3. The number of amides is 1. The van der Waals surface area contributed by atoms with Crippen molar-refractivity contribution < 1.29 is 19.1 Å². The molecule has 0 atom stereocenters. The van der Waals surface area contributed by atoms with Crippen molar-refractivity contribution in [2.45, 2.75) is 11.8 Å². The van der Waals surface area contributed by atoms with E-state index >= 15 is 0 Å². The number of nitrogens with one attached hydrogen (secondary N) is 1. The van der Waals surface area contributed by atoms with Crippen molar-refractivity contribution in [1.82, 2.24) is 0 Å². The van der Waals surface area contributed by atoms with Crippen molar-refractivity contribution in [3.63, 3.8) is 0 Å². The van der Waals surface area contributed by atoms with E-state index in [1.54, 1.807) is 36.4 Å². The topological polar surface area (TPSA) is 72.5 Å².